The predicted molar refractivity (Wildman–Crippen MR) is 74.1 cm³/mol. The van der Waals surface area contributed by atoms with Gasteiger partial charge in [0.05, 0.1) is 0 Å². The molecule has 0 radical (unpaired) electrons. The van der Waals surface area contributed by atoms with E-state index in [9.17, 15) is 4.79 Å². The second-order valence-electron chi connectivity index (χ2n) is 5.82. The zero-order valence-electron chi connectivity index (χ0n) is 11.1. The molecule has 96 valence electrons. The van der Waals surface area contributed by atoms with E-state index in [4.69, 9.17) is 0 Å². The van der Waals surface area contributed by atoms with Gasteiger partial charge in [-0.2, -0.15) is 0 Å². The van der Waals surface area contributed by atoms with Gasteiger partial charge in [-0.1, -0.05) is 12.1 Å². The van der Waals surface area contributed by atoms with Crippen LogP contribution in [-0.4, -0.2) is 19.4 Å². The highest BCUT2D eigenvalue weighted by atomic mass is 16.1. The second-order valence-corrected chi connectivity index (χ2v) is 5.82. The number of carbonyl (C=O) groups is 1. The highest BCUT2D eigenvalue weighted by molar-refractivity contribution is 5.79. The third-order valence-corrected chi connectivity index (χ3v) is 4.46. The summed E-state index contributed by atoms with van der Waals surface area (Å²) in [5.74, 6) is 1.18. The van der Waals surface area contributed by atoms with Gasteiger partial charge in [-0.25, -0.2) is 0 Å². The normalized spacial score (nSPS) is 20.3. The molecule has 0 saturated heterocycles. The number of rotatable bonds is 2. The first kappa shape index (κ1) is 11.8. The summed E-state index contributed by atoms with van der Waals surface area (Å²) in [5, 5.41) is 0. The van der Waals surface area contributed by atoms with Crippen molar-refractivity contribution in [2.75, 3.05) is 18.5 Å². The Morgan fingerprint density at radius 1 is 1.22 bits per heavy atom. The van der Waals surface area contributed by atoms with Gasteiger partial charge in [0.1, 0.15) is 5.78 Å². The second kappa shape index (κ2) is 4.75. The van der Waals surface area contributed by atoms with E-state index in [0.717, 1.165) is 44.6 Å². The Bertz CT molecular complexity index is 456. The summed E-state index contributed by atoms with van der Waals surface area (Å²) in [6.45, 7) is 1.15. The first-order chi connectivity index (χ1) is 8.72. The van der Waals surface area contributed by atoms with Crippen LogP contribution >= 0.6 is 0 Å². The smallest absolute Gasteiger partial charge is 0.132 e. The zero-order chi connectivity index (χ0) is 12.5. The third-order valence-electron chi connectivity index (χ3n) is 4.46. The van der Waals surface area contributed by atoms with Gasteiger partial charge in [-0.3, -0.25) is 4.79 Å². The molecule has 1 aromatic carbocycles. The summed E-state index contributed by atoms with van der Waals surface area (Å²) in [6.07, 6.45) is 6.13. The van der Waals surface area contributed by atoms with Crippen LogP contribution in [0.5, 0.6) is 0 Å². The largest absolute Gasteiger partial charge is 0.374 e. The Labute approximate surface area is 109 Å². The Hall–Kier alpha value is -1.31. The van der Waals surface area contributed by atoms with Crippen molar-refractivity contribution >= 4 is 11.5 Å². The number of nitrogens with zero attached hydrogens (tertiary/aromatic N) is 1. The number of carbonyl (C=O) groups excluding carboxylic acids is 1. The average molecular weight is 243 g/mol. The molecule has 18 heavy (non-hydrogen) atoms. The Balaban J connectivity index is 1.68. The van der Waals surface area contributed by atoms with Crippen LogP contribution in [0.4, 0.5) is 5.69 Å². The molecule has 2 nitrogen and oxygen atoms in total. The van der Waals surface area contributed by atoms with Crippen LogP contribution < -0.4 is 4.90 Å². The Morgan fingerprint density at radius 3 is 2.78 bits per heavy atom. The van der Waals surface area contributed by atoms with Crippen LogP contribution in [-0.2, 0) is 17.6 Å². The quantitative estimate of drug-likeness (QED) is 0.796. The molecule has 0 amide bonds. The minimum atomic E-state index is 0.460. The maximum atomic E-state index is 11.2. The molecule has 1 aliphatic carbocycles. The lowest BCUT2D eigenvalue weighted by Gasteiger charge is -2.21. The maximum absolute atomic E-state index is 11.2. The SMILES string of the molecule is CN1CCc2cc(CC3CCC(=O)CC3)ccc21. The first-order valence-corrected chi connectivity index (χ1v) is 7.07. The number of fused-ring (bicyclic) bond motifs is 1. The molecule has 0 spiro atoms. The summed E-state index contributed by atoms with van der Waals surface area (Å²) >= 11 is 0. The Morgan fingerprint density at radius 2 is 2.00 bits per heavy atom. The van der Waals surface area contributed by atoms with E-state index in [2.05, 4.69) is 30.1 Å². The van der Waals surface area contributed by atoms with Gasteiger partial charge in [0.25, 0.3) is 0 Å². The molecular weight excluding hydrogens is 222 g/mol. The summed E-state index contributed by atoms with van der Waals surface area (Å²) < 4.78 is 0. The molecular formula is C16H21NO. The minimum absolute atomic E-state index is 0.460. The topological polar surface area (TPSA) is 20.3 Å². The number of Topliss-reactive ketones (excluding diaryl/α,β-unsaturated/α-hetero) is 1. The highest BCUT2D eigenvalue weighted by Crippen LogP contribution is 2.30. The monoisotopic (exact) mass is 243 g/mol. The number of benzene rings is 1. The van der Waals surface area contributed by atoms with Crippen LogP contribution in [0.25, 0.3) is 0 Å². The van der Waals surface area contributed by atoms with E-state index in [1.807, 2.05) is 0 Å². The molecule has 1 saturated carbocycles. The molecule has 2 aliphatic rings. The molecule has 0 atom stereocenters. The zero-order valence-corrected chi connectivity index (χ0v) is 11.1. The summed E-state index contributed by atoms with van der Waals surface area (Å²) in [4.78, 5) is 13.6. The van der Waals surface area contributed by atoms with Crippen molar-refractivity contribution in [3.63, 3.8) is 0 Å². The fourth-order valence-electron chi connectivity index (χ4n) is 3.28. The van der Waals surface area contributed by atoms with Crippen LogP contribution in [0.3, 0.4) is 0 Å². The van der Waals surface area contributed by atoms with Crippen LogP contribution in [0.2, 0.25) is 0 Å². The number of likely N-dealkylation sites (N-methyl/N-ethyl adjacent to an activating group) is 1. The minimum Gasteiger partial charge on any atom is -0.374 e. The number of hydrogen-bond acceptors (Lipinski definition) is 2. The highest BCUT2D eigenvalue weighted by Gasteiger charge is 2.20. The molecule has 1 aliphatic heterocycles. The van der Waals surface area contributed by atoms with Crippen molar-refractivity contribution in [1.29, 1.82) is 0 Å². The third kappa shape index (κ3) is 2.29. The molecule has 0 N–H and O–H groups in total. The summed E-state index contributed by atoms with van der Waals surface area (Å²) in [6, 6.07) is 6.93. The van der Waals surface area contributed by atoms with Crippen molar-refractivity contribution < 1.29 is 4.79 Å². The Kier molecular flexibility index (Phi) is 3.11. The van der Waals surface area contributed by atoms with Crippen LogP contribution in [0, 0.1) is 5.92 Å². The van der Waals surface area contributed by atoms with Gasteiger partial charge in [-0.15, -0.1) is 0 Å². The van der Waals surface area contributed by atoms with Crippen LogP contribution in [0.1, 0.15) is 36.8 Å². The lowest BCUT2D eigenvalue weighted by Crippen LogP contribution is -2.15. The molecule has 1 fully saturated rings. The lowest BCUT2D eigenvalue weighted by molar-refractivity contribution is -0.121. The molecule has 0 aromatic heterocycles. The van der Waals surface area contributed by atoms with Crippen molar-refractivity contribution in [2.24, 2.45) is 5.92 Å². The average Bonchev–Trinajstić information content (AvgIpc) is 2.74. The van der Waals surface area contributed by atoms with E-state index < -0.39 is 0 Å². The number of ketones is 1. The van der Waals surface area contributed by atoms with Crippen molar-refractivity contribution in [3.8, 4) is 0 Å². The molecule has 3 rings (SSSR count). The van der Waals surface area contributed by atoms with E-state index in [1.54, 1.807) is 0 Å². The van der Waals surface area contributed by atoms with Gasteiger partial charge in [0.2, 0.25) is 0 Å². The van der Waals surface area contributed by atoms with E-state index in [0.29, 0.717) is 5.78 Å². The summed E-state index contributed by atoms with van der Waals surface area (Å²) in [7, 11) is 2.16. The molecule has 2 heteroatoms. The van der Waals surface area contributed by atoms with Gasteiger partial charge in [0.15, 0.2) is 0 Å². The maximum Gasteiger partial charge on any atom is 0.132 e. The van der Waals surface area contributed by atoms with Crippen molar-refractivity contribution in [2.45, 2.75) is 38.5 Å². The standard InChI is InChI=1S/C16H21NO/c1-17-9-8-14-11-13(4-7-16(14)17)10-12-2-5-15(18)6-3-12/h4,7,11-12H,2-3,5-6,8-10H2,1H3. The predicted octanol–water partition coefficient (Wildman–Crippen LogP) is 2.98. The van der Waals surface area contributed by atoms with Gasteiger partial charge in [0, 0.05) is 32.1 Å². The van der Waals surface area contributed by atoms with E-state index in [-0.39, 0.29) is 0 Å². The van der Waals surface area contributed by atoms with Gasteiger partial charge >= 0.3 is 0 Å². The van der Waals surface area contributed by atoms with E-state index in [1.165, 1.54) is 23.2 Å². The summed E-state index contributed by atoms with van der Waals surface area (Å²) in [5.41, 5.74) is 4.36. The van der Waals surface area contributed by atoms with Crippen molar-refractivity contribution in [3.05, 3.63) is 29.3 Å². The molecule has 1 aromatic rings. The lowest BCUT2D eigenvalue weighted by atomic mass is 9.84. The molecule has 0 unspecified atom stereocenters. The fraction of sp³-hybridized carbons (Fsp3) is 0.562. The van der Waals surface area contributed by atoms with Crippen LogP contribution in [0.15, 0.2) is 18.2 Å². The van der Waals surface area contributed by atoms with Gasteiger partial charge < -0.3 is 4.90 Å². The fourth-order valence-corrected chi connectivity index (χ4v) is 3.28. The van der Waals surface area contributed by atoms with E-state index >= 15 is 0 Å². The first-order valence-electron chi connectivity index (χ1n) is 7.07. The number of hydrogen-bond donors (Lipinski definition) is 0. The van der Waals surface area contributed by atoms with Crippen molar-refractivity contribution in [1.82, 2.24) is 0 Å². The number of anilines is 1. The molecule has 1 heterocycles. The molecule has 0 bridgehead atoms. The van der Waals surface area contributed by atoms with Gasteiger partial charge in [-0.05, 0) is 48.8 Å².